The quantitative estimate of drug-likeness (QED) is 0.651. The first-order chi connectivity index (χ1) is 12.4. The molecule has 0 aliphatic carbocycles. The Morgan fingerprint density at radius 2 is 1.69 bits per heavy atom. The summed E-state index contributed by atoms with van der Waals surface area (Å²) in [4.78, 5) is 26.4. The van der Waals surface area contributed by atoms with Gasteiger partial charge in [-0.3, -0.25) is 9.59 Å². The van der Waals surface area contributed by atoms with E-state index in [0.29, 0.717) is 17.1 Å². The molecule has 0 spiro atoms. The predicted molar refractivity (Wildman–Crippen MR) is 102 cm³/mol. The predicted octanol–water partition coefficient (Wildman–Crippen LogP) is 3.34. The Labute approximate surface area is 162 Å². The van der Waals surface area contributed by atoms with Crippen LogP contribution in [0.3, 0.4) is 0 Å². The first kappa shape index (κ1) is 20.6. The van der Waals surface area contributed by atoms with E-state index >= 15 is 0 Å². The zero-order valence-corrected chi connectivity index (χ0v) is 17.3. The van der Waals surface area contributed by atoms with Gasteiger partial charge in [-0.1, -0.05) is 15.9 Å². The molecule has 1 saturated heterocycles. The molecular weight excluding hydrogens is 402 g/mol. The molecule has 2 rings (SSSR count). The average molecular weight is 428 g/mol. The number of methoxy groups -OCH3 is 2. The Balaban J connectivity index is 1.95. The summed E-state index contributed by atoms with van der Waals surface area (Å²) in [7, 11) is 3.08. The van der Waals surface area contributed by atoms with E-state index in [9.17, 15) is 9.59 Å². The minimum atomic E-state index is -0.455. The van der Waals surface area contributed by atoms with Gasteiger partial charge in [-0.2, -0.15) is 0 Å². The van der Waals surface area contributed by atoms with E-state index in [4.69, 9.17) is 14.2 Å². The first-order valence-electron chi connectivity index (χ1n) is 8.74. The molecule has 7 heteroatoms. The normalized spacial score (nSPS) is 19.8. The molecule has 144 valence electrons. The minimum Gasteiger partial charge on any atom is -0.493 e. The standard InChI is InChI=1S/C19H26BrNO5/c1-12-6-5-7-13(2)21(12)18(22)11-26-19(23)9-14-8-16(24-3)17(25-4)10-15(14)20/h8,10,12-13H,5-7,9,11H2,1-4H3/t12-,13-/m0/s1. The van der Waals surface area contributed by atoms with Crippen LogP contribution >= 0.6 is 15.9 Å². The van der Waals surface area contributed by atoms with Crippen molar-refractivity contribution in [3.63, 3.8) is 0 Å². The van der Waals surface area contributed by atoms with Crippen LogP contribution < -0.4 is 9.47 Å². The SMILES string of the molecule is COc1cc(Br)c(CC(=O)OCC(=O)N2[C@@H](C)CCC[C@@H]2C)cc1OC. The summed E-state index contributed by atoms with van der Waals surface area (Å²) in [6, 6.07) is 3.83. The second-order valence-corrected chi connectivity index (χ2v) is 7.42. The van der Waals surface area contributed by atoms with Crippen molar-refractivity contribution in [2.24, 2.45) is 0 Å². The molecule has 6 nitrogen and oxygen atoms in total. The second-order valence-electron chi connectivity index (χ2n) is 6.57. The smallest absolute Gasteiger partial charge is 0.310 e. The number of carbonyl (C=O) groups is 2. The van der Waals surface area contributed by atoms with Crippen LogP contribution in [0.1, 0.15) is 38.7 Å². The highest BCUT2D eigenvalue weighted by molar-refractivity contribution is 9.10. The van der Waals surface area contributed by atoms with Gasteiger partial charge in [0.2, 0.25) is 0 Å². The van der Waals surface area contributed by atoms with Crippen LogP contribution in [0, 0.1) is 0 Å². The van der Waals surface area contributed by atoms with E-state index in [2.05, 4.69) is 15.9 Å². The van der Waals surface area contributed by atoms with Crippen molar-refractivity contribution in [3.8, 4) is 11.5 Å². The van der Waals surface area contributed by atoms with Gasteiger partial charge in [-0.25, -0.2) is 0 Å². The molecule has 0 bridgehead atoms. The van der Waals surface area contributed by atoms with Crippen molar-refractivity contribution < 1.29 is 23.8 Å². The van der Waals surface area contributed by atoms with Crippen molar-refractivity contribution in [3.05, 3.63) is 22.2 Å². The maximum atomic E-state index is 12.4. The number of esters is 1. The average Bonchev–Trinajstić information content (AvgIpc) is 2.61. The van der Waals surface area contributed by atoms with Gasteiger partial charge in [0.25, 0.3) is 5.91 Å². The summed E-state index contributed by atoms with van der Waals surface area (Å²) in [5.41, 5.74) is 0.708. The molecular formula is C19H26BrNO5. The van der Waals surface area contributed by atoms with Gasteiger partial charge in [0.1, 0.15) is 0 Å². The van der Waals surface area contributed by atoms with Gasteiger partial charge in [0, 0.05) is 16.6 Å². The first-order valence-corrected chi connectivity index (χ1v) is 9.53. The molecule has 0 aromatic heterocycles. The number of rotatable bonds is 6. The highest BCUT2D eigenvalue weighted by Gasteiger charge is 2.29. The molecule has 0 radical (unpaired) electrons. The summed E-state index contributed by atoms with van der Waals surface area (Å²) < 4.78 is 16.4. The number of halogens is 1. The second kappa shape index (κ2) is 9.26. The number of hydrogen-bond donors (Lipinski definition) is 0. The number of benzene rings is 1. The number of carbonyl (C=O) groups excluding carboxylic acids is 2. The highest BCUT2D eigenvalue weighted by Crippen LogP contribution is 2.33. The number of amides is 1. The molecule has 1 aromatic carbocycles. The molecule has 0 N–H and O–H groups in total. The lowest BCUT2D eigenvalue weighted by atomic mass is 9.97. The molecule has 0 unspecified atom stereocenters. The topological polar surface area (TPSA) is 65.1 Å². The third-order valence-electron chi connectivity index (χ3n) is 4.73. The Kier molecular flexibility index (Phi) is 7.32. The van der Waals surface area contributed by atoms with E-state index in [-0.39, 0.29) is 31.0 Å². The van der Waals surface area contributed by atoms with Crippen LogP contribution in [-0.4, -0.2) is 49.7 Å². The lowest BCUT2D eigenvalue weighted by Gasteiger charge is -2.38. The summed E-state index contributed by atoms with van der Waals surface area (Å²) in [6.45, 7) is 3.85. The maximum absolute atomic E-state index is 12.4. The van der Waals surface area contributed by atoms with E-state index in [0.717, 1.165) is 23.7 Å². The molecule has 1 aliphatic rings. The zero-order chi connectivity index (χ0) is 19.3. The van der Waals surface area contributed by atoms with Gasteiger partial charge < -0.3 is 19.1 Å². The van der Waals surface area contributed by atoms with Gasteiger partial charge >= 0.3 is 5.97 Å². The molecule has 1 heterocycles. The number of hydrogen-bond acceptors (Lipinski definition) is 5. The van der Waals surface area contributed by atoms with Crippen molar-refractivity contribution >= 4 is 27.8 Å². The molecule has 26 heavy (non-hydrogen) atoms. The van der Waals surface area contributed by atoms with Gasteiger partial charge in [-0.05, 0) is 50.8 Å². The number of piperidine rings is 1. The van der Waals surface area contributed by atoms with Crippen LogP contribution in [-0.2, 0) is 20.7 Å². The summed E-state index contributed by atoms with van der Waals surface area (Å²) in [5, 5.41) is 0. The maximum Gasteiger partial charge on any atom is 0.310 e. The molecule has 1 aromatic rings. The summed E-state index contributed by atoms with van der Waals surface area (Å²) >= 11 is 3.42. The summed E-state index contributed by atoms with van der Waals surface area (Å²) in [5.74, 6) is 0.512. The Morgan fingerprint density at radius 1 is 1.12 bits per heavy atom. The van der Waals surface area contributed by atoms with E-state index in [1.54, 1.807) is 19.2 Å². The van der Waals surface area contributed by atoms with Crippen LogP contribution in [0.25, 0.3) is 0 Å². The van der Waals surface area contributed by atoms with Crippen LogP contribution in [0.4, 0.5) is 0 Å². The minimum absolute atomic E-state index is 0.0410. The number of nitrogens with zero attached hydrogens (tertiary/aromatic N) is 1. The Hall–Kier alpha value is -1.76. The van der Waals surface area contributed by atoms with E-state index in [1.807, 2.05) is 18.7 Å². The molecule has 1 amide bonds. The third-order valence-corrected chi connectivity index (χ3v) is 5.46. The van der Waals surface area contributed by atoms with Crippen LogP contribution in [0.5, 0.6) is 11.5 Å². The summed E-state index contributed by atoms with van der Waals surface area (Å²) in [6.07, 6.45) is 3.14. The van der Waals surface area contributed by atoms with Crippen LogP contribution in [0.15, 0.2) is 16.6 Å². The molecule has 0 saturated carbocycles. The van der Waals surface area contributed by atoms with Gasteiger partial charge in [-0.15, -0.1) is 0 Å². The monoisotopic (exact) mass is 427 g/mol. The van der Waals surface area contributed by atoms with E-state index < -0.39 is 5.97 Å². The fourth-order valence-electron chi connectivity index (χ4n) is 3.37. The molecule has 2 atom stereocenters. The molecule has 1 fully saturated rings. The lowest BCUT2D eigenvalue weighted by molar-refractivity contribution is -0.154. The fourth-order valence-corrected chi connectivity index (χ4v) is 3.83. The van der Waals surface area contributed by atoms with Gasteiger partial charge in [0.05, 0.1) is 20.6 Å². The van der Waals surface area contributed by atoms with Crippen molar-refractivity contribution in [1.82, 2.24) is 4.90 Å². The zero-order valence-electron chi connectivity index (χ0n) is 15.7. The van der Waals surface area contributed by atoms with E-state index in [1.165, 1.54) is 7.11 Å². The Morgan fingerprint density at radius 3 is 2.27 bits per heavy atom. The lowest BCUT2D eigenvalue weighted by Crippen LogP contribution is -2.49. The van der Waals surface area contributed by atoms with Crippen molar-refractivity contribution in [1.29, 1.82) is 0 Å². The third kappa shape index (κ3) is 4.90. The number of ether oxygens (including phenoxy) is 3. The Bertz CT molecular complexity index is 654. The number of likely N-dealkylation sites (tertiary alicyclic amines) is 1. The molecule has 1 aliphatic heterocycles. The largest absolute Gasteiger partial charge is 0.493 e. The fraction of sp³-hybridized carbons (Fsp3) is 0.579. The van der Waals surface area contributed by atoms with Crippen LogP contribution in [0.2, 0.25) is 0 Å². The van der Waals surface area contributed by atoms with Crippen molar-refractivity contribution in [2.45, 2.75) is 51.6 Å². The van der Waals surface area contributed by atoms with Crippen molar-refractivity contribution in [2.75, 3.05) is 20.8 Å². The van der Waals surface area contributed by atoms with Gasteiger partial charge in [0.15, 0.2) is 18.1 Å². The highest BCUT2D eigenvalue weighted by atomic mass is 79.9.